The van der Waals surface area contributed by atoms with Crippen LogP contribution in [0.5, 0.6) is 5.75 Å². The lowest BCUT2D eigenvalue weighted by atomic mass is 10.2. The second kappa shape index (κ2) is 5.50. The van der Waals surface area contributed by atoms with Crippen LogP contribution in [-0.4, -0.2) is 29.6 Å². The first-order valence-corrected chi connectivity index (χ1v) is 5.62. The lowest BCUT2D eigenvalue weighted by molar-refractivity contribution is -0.235. The standard InChI is InChI=1S/C12H13NO5/c14-10-6-2-1-4-8(10)11(15)17-18-12(16)9-5-3-7-13-9/h1-2,4,6,9,13-14H,3,5,7H2. The van der Waals surface area contributed by atoms with Gasteiger partial charge in [-0.1, -0.05) is 12.1 Å². The first-order valence-electron chi connectivity index (χ1n) is 5.62. The molecule has 1 fully saturated rings. The normalized spacial score (nSPS) is 18.3. The molecule has 1 heterocycles. The lowest BCUT2D eigenvalue weighted by Crippen LogP contribution is -2.32. The minimum absolute atomic E-state index is 0.0512. The summed E-state index contributed by atoms with van der Waals surface area (Å²) >= 11 is 0. The number of hydrogen-bond acceptors (Lipinski definition) is 6. The Morgan fingerprint density at radius 1 is 1.28 bits per heavy atom. The number of phenols is 1. The highest BCUT2D eigenvalue weighted by Crippen LogP contribution is 2.17. The third kappa shape index (κ3) is 2.78. The van der Waals surface area contributed by atoms with Gasteiger partial charge >= 0.3 is 11.9 Å². The van der Waals surface area contributed by atoms with Gasteiger partial charge in [0.15, 0.2) is 0 Å². The van der Waals surface area contributed by atoms with Crippen LogP contribution in [0.1, 0.15) is 23.2 Å². The van der Waals surface area contributed by atoms with Gasteiger partial charge in [0.25, 0.3) is 0 Å². The van der Waals surface area contributed by atoms with Gasteiger partial charge in [-0.3, -0.25) is 0 Å². The third-order valence-corrected chi connectivity index (χ3v) is 2.67. The van der Waals surface area contributed by atoms with Crippen LogP contribution >= 0.6 is 0 Å². The summed E-state index contributed by atoms with van der Waals surface area (Å²) in [6.07, 6.45) is 1.54. The molecule has 1 aromatic rings. The molecule has 1 aliphatic rings. The number of para-hydroxylation sites is 1. The Morgan fingerprint density at radius 3 is 2.72 bits per heavy atom. The van der Waals surface area contributed by atoms with Gasteiger partial charge in [0.05, 0.1) is 0 Å². The van der Waals surface area contributed by atoms with Crippen LogP contribution in [0.4, 0.5) is 0 Å². The number of nitrogens with one attached hydrogen (secondary N) is 1. The summed E-state index contributed by atoms with van der Waals surface area (Å²) in [5.41, 5.74) is -0.0512. The van der Waals surface area contributed by atoms with Crippen LogP contribution in [0, 0.1) is 0 Å². The van der Waals surface area contributed by atoms with E-state index in [0.29, 0.717) is 6.42 Å². The first kappa shape index (κ1) is 12.4. The van der Waals surface area contributed by atoms with E-state index in [2.05, 4.69) is 15.1 Å². The van der Waals surface area contributed by atoms with Crippen molar-refractivity contribution in [3.05, 3.63) is 29.8 Å². The van der Waals surface area contributed by atoms with Gasteiger partial charge < -0.3 is 10.4 Å². The molecular formula is C12H13NO5. The van der Waals surface area contributed by atoms with E-state index in [0.717, 1.165) is 13.0 Å². The van der Waals surface area contributed by atoms with E-state index in [1.165, 1.54) is 12.1 Å². The van der Waals surface area contributed by atoms with E-state index < -0.39 is 18.0 Å². The molecule has 18 heavy (non-hydrogen) atoms. The highest BCUT2D eigenvalue weighted by Gasteiger charge is 2.26. The molecule has 2 N–H and O–H groups in total. The van der Waals surface area contributed by atoms with Crippen LogP contribution in [0.15, 0.2) is 24.3 Å². The topological polar surface area (TPSA) is 84.9 Å². The second-order valence-corrected chi connectivity index (χ2v) is 3.94. The number of phenolic OH excluding ortho intramolecular Hbond substituents is 1. The summed E-state index contributed by atoms with van der Waals surface area (Å²) in [5.74, 6) is -1.76. The van der Waals surface area contributed by atoms with Crippen LogP contribution in [0.3, 0.4) is 0 Å². The van der Waals surface area contributed by atoms with Crippen molar-refractivity contribution < 1.29 is 24.5 Å². The van der Waals surface area contributed by atoms with Crippen LogP contribution < -0.4 is 5.32 Å². The predicted molar refractivity (Wildman–Crippen MR) is 60.6 cm³/mol. The maximum atomic E-state index is 11.5. The molecule has 96 valence electrons. The average Bonchev–Trinajstić information content (AvgIpc) is 2.90. The van der Waals surface area contributed by atoms with Crippen molar-refractivity contribution in [3.63, 3.8) is 0 Å². The van der Waals surface area contributed by atoms with Gasteiger partial charge in [-0.05, 0) is 31.5 Å². The minimum Gasteiger partial charge on any atom is -0.507 e. The molecular weight excluding hydrogens is 238 g/mol. The smallest absolute Gasteiger partial charge is 0.390 e. The van der Waals surface area contributed by atoms with Crippen molar-refractivity contribution in [1.29, 1.82) is 0 Å². The number of rotatable bonds is 2. The molecule has 2 rings (SSSR count). The molecule has 0 radical (unpaired) electrons. The minimum atomic E-state index is -0.903. The molecule has 1 atom stereocenters. The fraction of sp³-hybridized carbons (Fsp3) is 0.333. The van der Waals surface area contributed by atoms with Gasteiger partial charge in [-0.25, -0.2) is 19.4 Å². The van der Waals surface area contributed by atoms with Gasteiger partial charge in [-0.15, -0.1) is 0 Å². The summed E-state index contributed by atoms with van der Waals surface area (Å²) in [4.78, 5) is 31.8. The summed E-state index contributed by atoms with van der Waals surface area (Å²) in [6.45, 7) is 0.743. The molecule has 1 aliphatic heterocycles. The molecule has 1 aromatic carbocycles. The van der Waals surface area contributed by atoms with Crippen molar-refractivity contribution in [1.82, 2.24) is 5.32 Å². The fourth-order valence-corrected chi connectivity index (χ4v) is 1.71. The highest BCUT2D eigenvalue weighted by molar-refractivity contribution is 5.92. The van der Waals surface area contributed by atoms with Crippen LogP contribution in [0.25, 0.3) is 0 Å². The number of benzene rings is 1. The van der Waals surface area contributed by atoms with Crippen molar-refractivity contribution in [2.45, 2.75) is 18.9 Å². The van der Waals surface area contributed by atoms with E-state index in [1.807, 2.05) is 0 Å². The number of carbonyl (C=O) groups is 2. The van der Waals surface area contributed by atoms with E-state index in [9.17, 15) is 14.7 Å². The Balaban J connectivity index is 1.88. The zero-order valence-corrected chi connectivity index (χ0v) is 9.59. The monoisotopic (exact) mass is 251 g/mol. The first-order chi connectivity index (χ1) is 8.68. The Kier molecular flexibility index (Phi) is 3.78. The largest absolute Gasteiger partial charge is 0.507 e. The zero-order valence-electron chi connectivity index (χ0n) is 9.59. The molecule has 0 spiro atoms. The Labute approximate surface area is 103 Å². The fourth-order valence-electron chi connectivity index (χ4n) is 1.71. The Morgan fingerprint density at radius 2 is 2.06 bits per heavy atom. The van der Waals surface area contributed by atoms with E-state index >= 15 is 0 Å². The SMILES string of the molecule is O=C(OOC(=O)C1CCCN1)c1ccccc1O. The Hall–Kier alpha value is -2.08. The Bertz CT molecular complexity index is 454. The summed E-state index contributed by atoms with van der Waals surface area (Å²) < 4.78 is 0. The van der Waals surface area contributed by atoms with Crippen LogP contribution in [-0.2, 0) is 14.6 Å². The maximum Gasteiger partial charge on any atom is 0.390 e. The number of hydrogen-bond donors (Lipinski definition) is 2. The quantitative estimate of drug-likeness (QED) is 0.596. The molecule has 1 saturated heterocycles. The molecule has 0 bridgehead atoms. The molecule has 0 amide bonds. The maximum absolute atomic E-state index is 11.5. The van der Waals surface area contributed by atoms with Crippen molar-refractivity contribution in [2.24, 2.45) is 0 Å². The van der Waals surface area contributed by atoms with Crippen molar-refractivity contribution in [3.8, 4) is 5.75 Å². The van der Waals surface area contributed by atoms with Gasteiger partial charge in [0.2, 0.25) is 0 Å². The molecule has 0 aromatic heterocycles. The average molecular weight is 251 g/mol. The van der Waals surface area contributed by atoms with Crippen LogP contribution in [0.2, 0.25) is 0 Å². The zero-order chi connectivity index (χ0) is 13.0. The molecule has 6 heteroatoms. The summed E-state index contributed by atoms with van der Waals surface area (Å²) in [7, 11) is 0. The third-order valence-electron chi connectivity index (χ3n) is 2.67. The molecule has 6 nitrogen and oxygen atoms in total. The van der Waals surface area contributed by atoms with E-state index in [1.54, 1.807) is 12.1 Å². The van der Waals surface area contributed by atoms with E-state index in [4.69, 9.17) is 0 Å². The van der Waals surface area contributed by atoms with Gasteiger partial charge in [-0.2, -0.15) is 0 Å². The van der Waals surface area contributed by atoms with Gasteiger partial charge in [0.1, 0.15) is 17.4 Å². The number of aromatic hydroxyl groups is 1. The number of carbonyl (C=O) groups excluding carboxylic acids is 2. The van der Waals surface area contributed by atoms with Crippen molar-refractivity contribution >= 4 is 11.9 Å². The molecule has 0 saturated carbocycles. The summed E-state index contributed by atoms with van der Waals surface area (Å²) in [5, 5.41) is 12.3. The molecule has 0 aliphatic carbocycles. The summed E-state index contributed by atoms with van der Waals surface area (Å²) in [6, 6.07) is 5.43. The highest BCUT2D eigenvalue weighted by atomic mass is 17.2. The van der Waals surface area contributed by atoms with Gasteiger partial charge in [0, 0.05) is 0 Å². The van der Waals surface area contributed by atoms with Crippen molar-refractivity contribution in [2.75, 3.05) is 6.54 Å². The predicted octanol–water partition coefficient (Wildman–Crippen LogP) is 0.759. The lowest BCUT2D eigenvalue weighted by Gasteiger charge is -2.08. The molecule has 1 unspecified atom stereocenters. The second-order valence-electron chi connectivity index (χ2n) is 3.94. The van der Waals surface area contributed by atoms with E-state index in [-0.39, 0.29) is 11.3 Å².